The van der Waals surface area contributed by atoms with E-state index in [0.717, 1.165) is 47.2 Å². The fraction of sp³-hybridized carbons (Fsp3) is 0.250. The highest BCUT2D eigenvalue weighted by Gasteiger charge is 2.18. The zero-order valence-electron chi connectivity index (χ0n) is 13.7. The molecule has 124 valence electrons. The van der Waals surface area contributed by atoms with Crippen LogP contribution in [0.1, 0.15) is 24.0 Å². The molecule has 3 nitrogen and oxygen atoms in total. The van der Waals surface area contributed by atoms with Crippen molar-refractivity contribution in [3.8, 4) is 0 Å². The Balaban J connectivity index is 1.99. The smallest absolute Gasteiger partial charge is 0.333 e. The van der Waals surface area contributed by atoms with Crippen molar-refractivity contribution in [3.05, 3.63) is 69.7 Å². The fourth-order valence-electron chi connectivity index (χ4n) is 3.03. The van der Waals surface area contributed by atoms with Crippen molar-refractivity contribution in [2.75, 3.05) is 18.6 Å². The Morgan fingerprint density at radius 2 is 2.00 bits per heavy atom. The highest BCUT2D eigenvalue weighted by molar-refractivity contribution is 9.10. The minimum atomic E-state index is -0.238. The maximum atomic E-state index is 12.0. The van der Waals surface area contributed by atoms with Crippen LogP contribution in [0.3, 0.4) is 0 Å². The number of fused-ring (bicyclic) bond motifs is 1. The number of benzene rings is 2. The molecule has 3 rings (SSSR count). The summed E-state index contributed by atoms with van der Waals surface area (Å²) in [5, 5.41) is 0. The highest BCUT2D eigenvalue weighted by atomic mass is 79.9. The minimum absolute atomic E-state index is 0.238. The van der Waals surface area contributed by atoms with Crippen molar-refractivity contribution in [1.82, 2.24) is 0 Å². The summed E-state index contributed by atoms with van der Waals surface area (Å²) in [6.07, 6.45) is 3.61. The molecule has 24 heavy (non-hydrogen) atoms. The largest absolute Gasteiger partial charge is 0.466 e. The summed E-state index contributed by atoms with van der Waals surface area (Å²) < 4.78 is 5.92. The van der Waals surface area contributed by atoms with E-state index in [1.165, 1.54) is 12.7 Å². The van der Waals surface area contributed by atoms with Gasteiger partial charge in [-0.3, -0.25) is 0 Å². The summed E-state index contributed by atoms with van der Waals surface area (Å²) in [5.74, 6) is -0.238. The SMILES string of the molecule is COC(=O)C1=Cc2cc(Br)ccc2N(Cc2ccccc2)CCC1. The van der Waals surface area contributed by atoms with Gasteiger partial charge in [0.1, 0.15) is 0 Å². The molecular formula is C20H20BrNO2. The van der Waals surface area contributed by atoms with E-state index in [1.54, 1.807) is 0 Å². The molecule has 0 aliphatic carbocycles. The second-order valence-corrected chi connectivity index (χ2v) is 6.79. The Labute approximate surface area is 151 Å². The van der Waals surface area contributed by atoms with E-state index < -0.39 is 0 Å². The van der Waals surface area contributed by atoms with Gasteiger partial charge < -0.3 is 9.64 Å². The first-order chi connectivity index (χ1) is 11.7. The third kappa shape index (κ3) is 3.88. The molecule has 0 radical (unpaired) electrons. The Hall–Kier alpha value is -2.07. The average Bonchev–Trinajstić information content (AvgIpc) is 2.58. The van der Waals surface area contributed by atoms with Gasteiger partial charge in [-0.2, -0.15) is 0 Å². The summed E-state index contributed by atoms with van der Waals surface area (Å²) in [7, 11) is 1.44. The van der Waals surface area contributed by atoms with Gasteiger partial charge in [-0.15, -0.1) is 0 Å². The number of methoxy groups -OCH3 is 1. The van der Waals surface area contributed by atoms with Gasteiger partial charge in [0, 0.05) is 28.8 Å². The van der Waals surface area contributed by atoms with Crippen LogP contribution in [0.2, 0.25) is 0 Å². The third-order valence-corrected chi connectivity index (χ3v) is 4.69. The summed E-state index contributed by atoms with van der Waals surface area (Å²) in [6.45, 7) is 1.76. The first kappa shape index (κ1) is 16.8. The molecule has 0 spiro atoms. The number of esters is 1. The topological polar surface area (TPSA) is 29.5 Å². The lowest BCUT2D eigenvalue weighted by atomic mass is 10.0. The number of nitrogens with zero attached hydrogens (tertiary/aromatic N) is 1. The second-order valence-electron chi connectivity index (χ2n) is 5.88. The molecule has 2 aromatic carbocycles. The van der Waals surface area contributed by atoms with Gasteiger partial charge in [-0.25, -0.2) is 4.79 Å². The fourth-order valence-corrected chi connectivity index (χ4v) is 3.41. The molecule has 1 aliphatic rings. The van der Waals surface area contributed by atoms with Crippen molar-refractivity contribution in [1.29, 1.82) is 0 Å². The van der Waals surface area contributed by atoms with Gasteiger partial charge >= 0.3 is 5.97 Å². The van der Waals surface area contributed by atoms with Gasteiger partial charge in [0.15, 0.2) is 0 Å². The Morgan fingerprint density at radius 3 is 2.75 bits per heavy atom. The highest BCUT2D eigenvalue weighted by Crippen LogP contribution is 2.31. The van der Waals surface area contributed by atoms with Gasteiger partial charge in [-0.05, 0) is 48.2 Å². The molecular weight excluding hydrogens is 366 g/mol. The van der Waals surface area contributed by atoms with Crippen molar-refractivity contribution in [2.24, 2.45) is 0 Å². The van der Waals surface area contributed by atoms with Crippen molar-refractivity contribution >= 4 is 33.7 Å². The van der Waals surface area contributed by atoms with E-state index >= 15 is 0 Å². The number of carbonyl (C=O) groups is 1. The van der Waals surface area contributed by atoms with Crippen LogP contribution in [0.4, 0.5) is 5.69 Å². The predicted molar refractivity (Wildman–Crippen MR) is 101 cm³/mol. The molecule has 0 saturated heterocycles. The molecule has 0 aromatic heterocycles. The van der Waals surface area contributed by atoms with Crippen LogP contribution >= 0.6 is 15.9 Å². The lowest BCUT2D eigenvalue weighted by Gasteiger charge is -2.29. The third-order valence-electron chi connectivity index (χ3n) is 4.20. The van der Waals surface area contributed by atoms with Crippen LogP contribution in [0.25, 0.3) is 6.08 Å². The Bertz CT molecular complexity index is 755. The Morgan fingerprint density at radius 1 is 1.21 bits per heavy atom. The summed E-state index contributed by atoms with van der Waals surface area (Å²) in [5.41, 5.74) is 4.20. The number of anilines is 1. The maximum absolute atomic E-state index is 12.0. The molecule has 0 unspecified atom stereocenters. The number of ether oxygens (including phenoxy) is 1. The normalized spacial score (nSPS) is 14.2. The predicted octanol–water partition coefficient (Wildman–Crippen LogP) is 4.81. The molecule has 4 heteroatoms. The van der Waals surface area contributed by atoms with E-state index in [4.69, 9.17) is 4.74 Å². The van der Waals surface area contributed by atoms with Crippen LogP contribution in [0.15, 0.2) is 58.6 Å². The summed E-state index contributed by atoms with van der Waals surface area (Å²) >= 11 is 3.53. The maximum Gasteiger partial charge on any atom is 0.333 e. The van der Waals surface area contributed by atoms with Gasteiger partial charge in [0.2, 0.25) is 0 Å². The molecule has 0 bridgehead atoms. The number of rotatable bonds is 3. The van der Waals surface area contributed by atoms with E-state index in [1.807, 2.05) is 18.2 Å². The molecule has 0 atom stereocenters. The second kappa shape index (κ2) is 7.67. The standard InChI is InChI=1S/C20H20BrNO2/c1-24-20(23)16-8-5-11-22(14-15-6-3-2-4-7-15)19-10-9-18(21)13-17(19)12-16/h2-4,6-7,9-10,12-13H,5,8,11,14H2,1H3. The zero-order valence-corrected chi connectivity index (χ0v) is 15.3. The van der Waals surface area contributed by atoms with Crippen molar-refractivity contribution < 1.29 is 9.53 Å². The zero-order chi connectivity index (χ0) is 16.9. The van der Waals surface area contributed by atoms with Crippen LogP contribution in [0, 0.1) is 0 Å². The first-order valence-electron chi connectivity index (χ1n) is 8.04. The first-order valence-corrected chi connectivity index (χ1v) is 8.84. The van der Waals surface area contributed by atoms with Crippen LogP contribution < -0.4 is 4.90 Å². The van der Waals surface area contributed by atoms with Crippen LogP contribution in [-0.4, -0.2) is 19.6 Å². The molecule has 2 aromatic rings. The molecule has 0 amide bonds. The van der Waals surface area contributed by atoms with Crippen LogP contribution in [-0.2, 0) is 16.1 Å². The molecule has 0 N–H and O–H groups in total. The van der Waals surface area contributed by atoms with Gasteiger partial charge in [0.05, 0.1) is 7.11 Å². The quantitative estimate of drug-likeness (QED) is 0.710. The lowest BCUT2D eigenvalue weighted by Crippen LogP contribution is -2.26. The average molecular weight is 386 g/mol. The Kier molecular flexibility index (Phi) is 5.36. The summed E-state index contributed by atoms with van der Waals surface area (Å²) in [6, 6.07) is 16.7. The number of hydrogen-bond donors (Lipinski definition) is 0. The van der Waals surface area contributed by atoms with Crippen molar-refractivity contribution in [2.45, 2.75) is 19.4 Å². The van der Waals surface area contributed by atoms with Gasteiger partial charge in [0.25, 0.3) is 0 Å². The molecule has 1 aliphatic heterocycles. The minimum Gasteiger partial charge on any atom is -0.466 e. The monoisotopic (exact) mass is 385 g/mol. The lowest BCUT2D eigenvalue weighted by molar-refractivity contribution is -0.136. The van der Waals surface area contributed by atoms with E-state index in [0.29, 0.717) is 0 Å². The molecule has 0 saturated carbocycles. The number of hydrogen-bond acceptors (Lipinski definition) is 3. The van der Waals surface area contributed by atoms with Crippen molar-refractivity contribution in [3.63, 3.8) is 0 Å². The summed E-state index contributed by atoms with van der Waals surface area (Å²) in [4.78, 5) is 14.4. The van der Waals surface area contributed by atoms with E-state index in [-0.39, 0.29) is 5.97 Å². The van der Waals surface area contributed by atoms with Crippen LogP contribution in [0.5, 0.6) is 0 Å². The molecule has 0 fully saturated rings. The van der Waals surface area contributed by atoms with Gasteiger partial charge in [-0.1, -0.05) is 46.3 Å². The van der Waals surface area contributed by atoms with E-state index in [9.17, 15) is 4.79 Å². The van der Waals surface area contributed by atoms with E-state index in [2.05, 4.69) is 57.2 Å². The molecule has 1 heterocycles. The number of halogens is 1. The number of carbonyl (C=O) groups excluding carboxylic acids is 1.